The number of aliphatic hydroxyl groups is 1. The second kappa shape index (κ2) is 10.3. The van der Waals surface area contributed by atoms with Gasteiger partial charge in [0.15, 0.2) is 4.84 Å². The van der Waals surface area contributed by atoms with Crippen LogP contribution < -0.4 is 5.32 Å². The molecular weight excluding hydrogens is 442 g/mol. The average molecular weight is 463 g/mol. The van der Waals surface area contributed by atoms with Gasteiger partial charge < -0.3 is 10.4 Å². The van der Waals surface area contributed by atoms with Crippen molar-refractivity contribution in [1.82, 2.24) is 10.3 Å². The summed E-state index contributed by atoms with van der Waals surface area (Å²) >= 11 is 10.9. The highest BCUT2D eigenvalue weighted by Crippen LogP contribution is 2.24. The van der Waals surface area contributed by atoms with Gasteiger partial charge in [0.05, 0.1) is 11.8 Å². The Morgan fingerprint density at radius 3 is 2.28 bits per heavy atom. The molecule has 2 atom stereocenters. The van der Waals surface area contributed by atoms with Crippen LogP contribution in [0.1, 0.15) is 17.4 Å². The standard InChI is InChI=1S/C19H21Cl2FN2O4S/c1-29(27,28)9-8-15-7-6-14(11-23-15)12-2-4-13(5-3-12)17(25)16(10-22)24-19(26)18(20)21/h2-7,11,16-18,25H,8-10H2,1H3,(H,24,26)/t16-,17-/m1/s1. The Morgan fingerprint density at radius 1 is 1.17 bits per heavy atom. The van der Waals surface area contributed by atoms with E-state index in [0.717, 1.165) is 11.1 Å². The fourth-order valence-electron chi connectivity index (χ4n) is 2.59. The first-order chi connectivity index (χ1) is 13.6. The van der Waals surface area contributed by atoms with E-state index in [2.05, 4.69) is 10.3 Å². The maximum Gasteiger partial charge on any atom is 0.253 e. The first-order valence-corrected chi connectivity index (χ1v) is 11.6. The van der Waals surface area contributed by atoms with Gasteiger partial charge in [-0.2, -0.15) is 0 Å². The molecule has 2 rings (SSSR count). The molecule has 0 unspecified atom stereocenters. The highest BCUT2D eigenvalue weighted by molar-refractivity contribution is 7.90. The third-order valence-electron chi connectivity index (χ3n) is 4.21. The summed E-state index contributed by atoms with van der Waals surface area (Å²) in [4.78, 5) is 14.4. The molecule has 6 nitrogen and oxygen atoms in total. The van der Waals surface area contributed by atoms with Crippen molar-refractivity contribution in [3.05, 3.63) is 53.9 Å². The SMILES string of the molecule is CS(=O)(=O)CCc1ccc(-c2ccc([C@@H](O)[C@@H](CF)NC(=O)C(Cl)Cl)cc2)cn1. The van der Waals surface area contributed by atoms with Gasteiger partial charge in [-0.1, -0.05) is 53.5 Å². The largest absolute Gasteiger partial charge is 0.386 e. The van der Waals surface area contributed by atoms with Crippen molar-refractivity contribution in [2.45, 2.75) is 23.4 Å². The van der Waals surface area contributed by atoms with E-state index in [1.807, 2.05) is 6.07 Å². The summed E-state index contributed by atoms with van der Waals surface area (Å²) in [6, 6.07) is 9.10. The number of benzene rings is 1. The minimum Gasteiger partial charge on any atom is -0.386 e. The van der Waals surface area contributed by atoms with Gasteiger partial charge in [0.25, 0.3) is 5.91 Å². The quantitative estimate of drug-likeness (QED) is 0.558. The Balaban J connectivity index is 2.08. The second-order valence-electron chi connectivity index (χ2n) is 6.56. The molecule has 1 heterocycles. The predicted molar refractivity (Wildman–Crippen MR) is 111 cm³/mol. The number of hydrogen-bond donors (Lipinski definition) is 2. The Labute approximate surface area is 179 Å². The van der Waals surface area contributed by atoms with Crippen LogP contribution in [0.25, 0.3) is 11.1 Å². The van der Waals surface area contributed by atoms with Gasteiger partial charge in [0.2, 0.25) is 0 Å². The van der Waals surface area contributed by atoms with Crippen LogP contribution in [-0.4, -0.2) is 54.0 Å². The van der Waals surface area contributed by atoms with Crippen LogP contribution in [0, 0.1) is 0 Å². The van der Waals surface area contributed by atoms with Crippen LogP contribution in [0.2, 0.25) is 0 Å². The van der Waals surface area contributed by atoms with Gasteiger partial charge in [-0.05, 0) is 17.2 Å². The number of sulfone groups is 1. The number of aromatic nitrogens is 1. The van der Waals surface area contributed by atoms with Crippen LogP contribution in [-0.2, 0) is 21.1 Å². The number of aliphatic hydroxyl groups excluding tert-OH is 1. The molecule has 10 heteroatoms. The summed E-state index contributed by atoms with van der Waals surface area (Å²) in [6.45, 7) is -0.992. The van der Waals surface area contributed by atoms with E-state index in [1.54, 1.807) is 36.5 Å². The van der Waals surface area contributed by atoms with E-state index in [4.69, 9.17) is 23.2 Å². The molecule has 2 aromatic rings. The Hall–Kier alpha value is -1.74. The molecule has 0 aliphatic rings. The number of carbonyl (C=O) groups excluding carboxylic acids is 1. The summed E-state index contributed by atoms with van der Waals surface area (Å²) in [5, 5.41) is 12.6. The zero-order valence-electron chi connectivity index (χ0n) is 15.6. The lowest BCUT2D eigenvalue weighted by atomic mass is 9.99. The molecule has 0 aliphatic heterocycles. The molecule has 0 saturated heterocycles. The van der Waals surface area contributed by atoms with E-state index in [0.29, 0.717) is 17.7 Å². The number of alkyl halides is 3. The van der Waals surface area contributed by atoms with Crippen molar-refractivity contribution >= 4 is 38.9 Å². The van der Waals surface area contributed by atoms with Crippen LogP contribution in [0.4, 0.5) is 4.39 Å². The summed E-state index contributed by atoms with van der Waals surface area (Å²) < 4.78 is 35.7. The van der Waals surface area contributed by atoms with Gasteiger partial charge in [0.1, 0.15) is 22.6 Å². The lowest BCUT2D eigenvalue weighted by molar-refractivity contribution is -0.121. The van der Waals surface area contributed by atoms with Crippen molar-refractivity contribution < 1.29 is 22.7 Å². The van der Waals surface area contributed by atoms with E-state index in [1.165, 1.54) is 6.26 Å². The summed E-state index contributed by atoms with van der Waals surface area (Å²) in [5.74, 6) is -0.750. The zero-order chi connectivity index (χ0) is 21.6. The van der Waals surface area contributed by atoms with E-state index >= 15 is 0 Å². The fraction of sp³-hybridized carbons (Fsp3) is 0.368. The number of halogens is 3. The minimum absolute atomic E-state index is 0.0341. The van der Waals surface area contributed by atoms with Crippen LogP contribution in [0.5, 0.6) is 0 Å². The van der Waals surface area contributed by atoms with Crippen molar-refractivity contribution in [2.24, 2.45) is 0 Å². The first-order valence-electron chi connectivity index (χ1n) is 8.66. The van der Waals surface area contributed by atoms with E-state index < -0.39 is 39.4 Å². The Kier molecular flexibility index (Phi) is 8.39. The monoisotopic (exact) mass is 462 g/mol. The maximum absolute atomic E-state index is 13.2. The molecule has 0 aliphatic carbocycles. The van der Waals surface area contributed by atoms with Gasteiger partial charge in [-0.15, -0.1) is 0 Å². The van der Waals surface area contributed by atoms with Crippen LogP contribution in [0.3, 0.4) is 0 Å². The first kappa shape index (κ1) is 23.5. The van der Waals surface area contributed by atoms with E-state index in [9.17, 15) is 22.7 Å². The molecule has 0 saturated carbocycles. The molecule has 158 valence electrons. The molecule has 1 aromatic heterocycles. The normalized spacial score (nSPS) is 13.9. The van der Waals surface area contributed by atoms with Gasteiger partial charge in [0, 0.05) is 30.1 Å². The smallest absolute Gasteiger partial charge is 0.253 e. The third-order valence-corrected chi connectivity index (χ3v) is 5.55. The summed E-state index contributed by atoms with van der Waals surface area (Å²) in [7, 11) is -3.05. The number of hydrogen-bond acceptors (Lipinski definition) is 5. The van der Waals surface area contributed by atoms with Crippen molar-refractivity contribution in [3.8, 4) is 11.1 Å². The van der Waals surface area contributed by atoms with E-state index in [-0.39, 0.29) is 5.75 Å². The third kappa shape index (κ3) is 7.22. The fourth-order valence-corrected chi connectivity index (χ4v) is 3.29. The number of nitrogens with one attached hydrogen (secondary N) is 1. The maximum atomic E-state index is 13.2. The molecule has 0 bridgehead atoms. The topological polar surface area (TPSA) is 96.4 Å². The molecule has 0 radical (unpaired) electrons. The molecular formula is C19H21Cl2FN2O4S. The number of amides is 1. The lowest BCUT2D eigenvalue weighted by Gasteiger charge is -2.22. The minimum atomic E-state index is -3.05. The Bertz CT molecular complexity index is 922. The lowest BCUT2D eigenvalue weighted by Crippen LogP contribution is -2.43. The number of pyridine rings is 1. The van der Waals surface area contributed by atoms with Crippen molar-refractivity contribution in [3.63, 3.8) is 0 Å². The molecule has 0 fully saturated rings. The highest BCUT2D eigenvalue weighted by atomic mass is 35.5. The number of aryl methyl sites for hydroxylation is 1. The Morgan fingerprint density at radius 2 is 1.79 bits per heavy atom. The number of carbonyl (C=O) groups is 1. The summed E-state index contributed by atoms with van der Waals surface area (Å²) in [6.07, 6.45) is 1.88. The predicted octanol–water partition coefficient (Wildman–Crippen LogP) is 2.63. The molecule has 2 N–H and O–H groups in total. The second-order valence-corrected chi connectivity index (χ2v) is 9.91. The molecule has 29 heavy (non-hydrogen) atoms. The number of nitrogens with zero attached hydrogens (tertiary/aromatic N) is 1. The van der Waals surface area contributed by atoms with Gasteiger partial charge in [-0.3, -0.25) is 9.78 Å². The van der Waals surface area contributed by atoms with Gasteiger partial charge in [-0.25, -0.2) is 12.8 Å². The van der Waals surface area contributed by atoms with Crippen molar-refractivity contribution in [1.29, 1.82) is 0 Å². The molecule has 1 aromatic carbocycles. The average Bonchev–Trinajstić information content (AvgIpc) is 2.69. The highest BCUT2D eigenvalue weighted by Gasteiger charge is 2.25. The van der Waals surface area contributed by atoms with Gasteiger partial charge >= 0.3 is 0 Å². The van der Waals surface area contributed by atoms with Crippen molar-refractivity contribution in [2.75, 3.05) is 18.7 Å². The number of rotatable bonds is 9. The van der Waals surface area contributed by atoms with Crippen LogP contribution in [0.15, 0.2) is 42.6 Å². The summed E-state index contributed by atoms with van der Waals surface area (Å²) in [5.41, 5.74) is 2.70. The molecule has 0 spiro atoms. The molecule has 1 amide bonds. The zero-order valence-corrected chi connectivity index (χ0v) is 17.9. The van der Waals surface area contributed by atoms with Crippen LogP contribution >= 0.6 is 23.2 Å².